The third-order valence-corrected chi connectivity index (χ3v) is 8.50. The van der Waals surface area contributed by atoms with E-state index in [9.17, 15) is 9.59 Å². The second kappa shape index (κ2) is 8.80. The van der Waals surface area contributed by atoms with Crippen molar-refractivity contribution in [1.29, 1.82) is 0 Å². The van der Waals surface area contributed by atoms with Crippen LogP contribution in [0.2, 0.25) is 0 Å². The average molecular weight is 464 g/mol. The Kier molecular flexibility index (Phi) is 5.63. The number of nitrogens with zero attached hydrogens (tertiary/aromatic N) is 5. The molecule has 0 unspecified atom stereocenters. The molecule has 180 valence electrons. The number of hydrogen-bond acceptors (Lipinski definition) is 6. The Bertz CT molecular complexity index is 1060. The van der Waals surface area contributed by atoms with Crippen molar-refractivity contribution in [3.05, 3.63) is 41.7 Å². The van der Waals surface area contributed by atoms with Gasteiger partial charge in [-0.2, -0.15) is 0 Å². The van der Waals surface area contributed by atoms with E-state index in [2.05, 4.69) is 20.1 Å². The maximum Gasteiger partial charge on any atom is 0.224 e. The minimum absolute atomic E-state index is 0.0352. The van der Waals surface area contributed by atoms with Gasteiger partial charge in [-0.1, -0.05) is 5.21 Å². The van der Waals surface area contributed by atoms with Gasteiger partial charge in [-0.3, -0.25) is 14.5 Å². The van der Waals surface area contributed by atoms with Crippen LogP contribution in [-0.2, 0) is 11.4 Å². The molecule has 8 nitrogen and oxygen atoms in total. The zero-order chi connectivity index (χ0) is 23.2. The van der Waals surface area contributed by atoms with Gasteiger partial charge >= 0.3 is 0 Å². The summed E-state index contributed by atoms with van der Waals surface area (Å²) < 4.78 is 7.73. The highest BCUT2D eigenvalue weighted by molar-refractivity contribution is 5.94. The maximum atomic E-state index is 13.2. The van der Waals surface area contributed by atoms with Crippen LogP contribution < -0.4 is 4.74 Å². The highest BCUT2D eigenvalue weighted by Gasteiger charge is 2.52. The summed E-state index contributed by atoms with van der Waals surface area (Å²) in [7, 11) is 0. The maximum absolute atomic E-state index is 13.2. The summed E-state index contributed by atoms with van der Waals surface area (Å²) in [5.74, 6) is 2.24. The van der Waals surface area contributed by atoms with Crippen molar-refractivity contribution in [1.82, 2.24) is 24.8 Å². The van der Waals surface area contributed by atoms with Gasteiger partial charge in [0.05, 0.1) is 12.2 Å². The van der Waals surface area contributed by atoms with E-state index in [1.54, 1.807) is 31.2 Å². The van der Waals surface area contributed by atoms with Crippen molar-refractivity contribution >= 4 is 11.7 Å². The molecule has 1 aromatic carbocycles. The molecule has 0 aliphatic carbocycles. The van der Waals surface area contributed by atoms with Crippen LogP contribution in [0.15, 0.2) is 30.5 Å². The number of benzene rings is 1. The molecule has 0 saturated carbocycles. The van der Waals surface area contributed by atoms with E-state index >= 15 is 0 Å². The number of amides is 1. The number of carbonyl (C=O) groups excluding carboxylic acids is 2. The Morgan fingerprint density at radius 1 is 1.15 bits per heavy atom. The Morgan fingerprint density at radius 3 is 2.74 bits per heavy atom. The SMILES string of the molecule is CC(=O)c1ccc(OCc2cn([C@H]3CC(=O)N4C[C@@H]5CCCN6CCC[C@@H]([C@H]56)[C@H]4C3)nn2)cc1. The lowest BCUT2D eigenvalue weighted by Gasteiger charge is -2.59. The van der Waals surface area contributed by atoms with Crippen molar-refractivity contribution in [2.24, 2.45) is 11.8 Å². The van der Waals surface area contributed by atoms with Crippen LogP contribution in [0.3, 0.4) is 0 Å². The number of ketones is 1. The average Bonchev–Trinajstić information content (AvgIpc) is 3.33. The first kappa shape index (κ1) is 21.8. The largest absolute Gasteiger partial charge is 0.487 e. The van der Waals surface area contributed by atoms with Gasteiger partial charge in [0, 0.05) is 30.6 Å². The van der Waals surface area contributed by atoms with Crippen molar-refractivity contribution in [2.45, 2.75) is 70.2 Å². The molecule has 4 aliphatic rings. The van der Waals surface area contributed by atoms with Crippen LogP contribution in [0, 0.1) is 11.8 Å². The van der Waals surface area contributed by atoms with Crippen molar-refractivity contribution in [2.75, 3.05) is 19.6 Å². The van der Waals surface area contributed by atoms with Gasteiger partial charge in [0.2, 0.25) is 5.91 Å². The first-order valence-corrected chi connectivity index (χ1v) is 12.7. The number of aromatic nitrogens is 3. The van der Waals surface area contributed by atoms with Gasteiger partial charge in [-0.15, -0.1) is 5.10 Å². The first-order chi connectivity index (χ1) is 16.6. The molecule has 6 rings (SSSR count). The number of hydrogen-bond donors (Lipinski definition) is 0. The minimum Gasteiger partial charge on any atom is -0.487 e. The Balaban J connectivity index is 1.14. The number of fused-ring (bicyclic) bond motifs is 2. The van der Waals surface area contributed by atoms with E-state index in [0.29, 0.717) is 48.3 Å². The molecule has 34 heavy (non-hydrogen) atoms. The summed E-state index contributed by atoms with van der Waals surface area (Å²) in [6.07, 6.45) is 8.41. The van der Waals surface area contributed by atoms with E-state index < -0.39 is 0 Å². The molecule has 5 atom stereocenters. The standard InChI is InChI=1S/C26H33N5O3/c1-17(32)18-6-8-22(9-7-18)34-16-20-15-31(28-27-20)21-12-24-23-5-3-11-29-10-2-4-19(26(23)29)14-30(24)25(33)13-21/h6-9,15,19,21,23-24,26H,2-5,10-14,16H2,1H3/t19-,21+,23+,24+,26-/m0/s1. The molecule has 0 N–H and O–H groups in total. The van der Waals surface area contributed by atoms with Crippen molar-refractivity contribution < 1.29 is 14.3 Å². The first-order valence-electron chi connectivity index (χ1n) is 12.7. The molecule has 1 aromatic heterocycles. The second-order valence-corrected chi connectivity index (χ2v) is 10.5. The lowest BCUT2D eigenvalue weighted by Crippen LogP contribution is -2.67. The summed E-state index contributed by atoms with van der Waals surface area (Å²) >= 11 is 0. The van der Waals surface area contributed by atoms with Crippen LogP contribution in [0.5, 0.6) is 5.75 Å². The molecule has 0 radical (unpaired) electrons. The highest BCUT2D eigenvalue weighted by Crippen LogP contribution is 2.46. The summed E-state index contributed by atoms with van der Waals surface area (Å²) in [5, 5.41) is 8.69. The number of carbonyl (C=O) groups is 2. The predicted molar refractivity (Wildman–Crippen MR) is 125 cm³/mol. The molecule has 0 spiro atoms. The molecule has 1 amide bonds. The Morgan fingerprint density at radius 2 is 1.94 bits per heavy atom. The molecule has 0 bridgehead atoms. The molecule has 5 heterocycles. The highest BCUT2D eigenvalue weighted by atomic mass is 16.5. The molecular formula is C26H33N5O3. The molecule has 4 saturated heterocycles. The Labute approximate surface area is 200 Å². The van der Waals surface area contributed by atoms with Crippen molar-refractivity contribution in [3.63, 3.8) is 0 Å². The van der Waals surface area contributed by atoms with Gasteiger partial charge in [-0.25, -0.2) is 4.68 Å². The van der Waals surface area contributed by atoms with Gasteiger partial charge in [0.25, 0.3) is 0 Å². The fraction of sp³-hybridized carbons (Fsp3) is 0.615. The van der Waals surface area contributed by atoms with E-state index in [1.807, 2.05) is 10.9 Å². The third-order valence-electron chi connectivity index (χ3n) is 8.50. The molecule has 2 aromatic rings. The normalized spacial score (nSPS) is 31.0. The van der Waals surface area contributed by atoms with Crippen LogP contribution in [-0.4, -0.2) is 68.2 Å². The zero-order valence-electron chi connectivity index (χ0n) is 19.8. The summed E-state index contributed by atoms with van der Waals surface area (Å²) in [5.41, 5.74) is 1.41. The minimum atomic E-state index is 0.0352. The van der Waals surface area contributed by atoms with E-state index in [0.717, 1.165) is 18.7 Å². The van der Waals surface area contributed by atoms with Gasteiger partial charge < -0.3 is 9.64 Å². The Hall–Kier alpha value is -2.74. The lowest BCUT2D eigenvalue weighted by molar-refractivity contribution is -0.153. The summed E-state index contributed by atoms with van der Waals surface area (Å²) in [6.45, 7) is 5.25. The van der Waals surface area contributed by atoms with Gasteiger partial charge in [0.1, 0.15) is 18.1 Å². The summed E-state index contributed by atoms with van der Waals surface area (Å²) in [6, 6.07) is 8.15. The van der Waals surface area contributed by atoms with Crippen LogP contribution >= 0.6 is 0 Å². The lowest BCUT2D eigenvalue weighted by atomic mass is 9.67. The van der Waals surface area contributed by atoms with E-state index in [1.165, 1.54) is 38.8 Å². The molecule has 4 fully saturated rings. The van der Waals surface area contributed by atoms with Crippen LogP contribution in [0.1, 0.15) is 67.5 Å². The zero-order valence-corrected chi connectivity index (χ0v) is 19.8. The van der Waals surface area contributed by atoms with Crippen LogP contribution in [0.25, 0.3) is 0 Å². The van der Waals surface area contributed by atoms with E-state index in [-0.39, 0.29) is 17.7 Å². The van der Waals surface area contributed by atoms with Crippen LogP contribution in [0.4, 0.5) is 0 Å². The third kappa shape index (κ3) is 3.91. The summed E-state index contributed by atoms with van der Waals surface area (Å²) in [4.78, 5) is 29.6. The predicted octanol–water partition coefficient (Wildman–Crippen LogP) is 3.10. The molecule has 4 aliphatic heterocycles. The number of Topliss-reactive ketones (excluding diaryl/α,β-unsaturated/α-hetero) is 1. The topological polar surface area (TPSA) is 80.6 Å². The van der Waals surface area contributed by atoms with Gasteiger partial charge in [0.15, 0.2) is 5.78 Å². The van der Waals surface area contributed by atoms with E-state index in [4.69, 9.17) is 4.74 Å². The second-order valence-electron chi connectivity index (χ2n) is 10.5. The smallest absolute Gasteiger partial charge is 0.224 e. The fourth-order valence-corrected chi connectivity index (χ4v) is 6.97. The van der Waals surface area contributed by atoms with Gasteiger partial charge in [-0.05, 0) is 88.2 Å². The number of rotatable bonds is 5. The quantitative estimate of drug-likeness (QED) is 0.634. The van der Waals surface area contributed by atoms with Crippen molar-refractivity contribution in [3.8, 4) is 5.75 Å². The number of ether oxygens (including phenoxy) is 1. The number of piperidine rings is 4. The molecule has 8 heteroatoms. The molecular weight excluding hydrogens is 430 g/mol. The fourth-order valence-electron chi connectivity index (χ4n) is 6.97. The monoisotopic (exact) mass is 463 g/mol.